The molecule has 2 N–H and O–H groups in total. The minimum Gasteiger partial charge on any atom is -0.366 e. The SMILES string of the molecule is CCC1CCN(c2ccc([N+](=O)[O-])cc2Cl)C(CN)C1. The zero-order valence-electron chi connectivity index (χ0n) is 11.6. The Morgan fingerprint density at radius 1 is 1.55 bits per heavy atom. The van der Waals surface area contributed by atoms with Gasteiger partial charge in [0.05, 0.1) is 15.6 Å². The zero-order chi connectivity index (χ0) is 14.7. The van der Waals surface area contributed by atoms with Crippen molar-refractivity contribution < 1.29 is 4.92 Å². The molecule has 110 valence electrons. The van der Waals surface area contributed by atoms with Gasteiger partial charge in [-0.3, -0.25) is 10.1 Å². The molecule has 20 heavy (non-hydrogen) atoms. The van der Waals surface area contributed by atoms with E-state index in [0.717, 1.165) is 25.1 Å². The maximum absolute atomic E-state index is 10.8. The van der Waals surface area contributed by atoms with Gasteiger partial charge in [0.15, 0.2) is 0 Å². The summed E-state index contributed by atoms with van der Waals surface area (Å²) < 4.78 is 0. The Hall–Kier alpha value is -1.33. The molecule has 0 spiro atoms. The van der Waals surface area contributed by atoms with Crippen molar-refractivity contribution in [3.05, 3.63) is 33.3 Å². The molecule has 2 atom stereocenters. The van der Waals surface area contributed by atoms with Gasteiger partial charge in [-0.25, -0.2) is 0 Å². The first kappa shape index (κ1) is 15.1. The number of hydrogen-bond acceptors (Lipinski definition) is 4. The van der Waals surface area contributed by atoms with Gasteiger partial charge in [-0.2, -0.15) is 0 Å². The predicted octanol–water partition coefficient (Wildman–Crippen LogP) is 3.20. The van der Waals surface area contributed by atoms with Crippen molar-refractivity contribution in [2.75, 3.05) is 18.0 Å². The van der Waals surface area contributed by atoms with Gasteiger partial charge in [-0.15, -0.1) is 0 Å². The van der Waals surface area contributed by atoms with E-state index in [1.165, 1.54) is 18.6 Å². The molecule has 2 rings (SSSR count). The number of nitrogens with zero attached hydrogens (tertiary/aromatic N) is 2. The molecule has 0 aromatic heterocycles. The van der Waals surface area contributed by atoms with E-state index in [-0.39, 0.29) is 11.7 Å². The zero-order valence-corrected chi connectivity index (χ0v) is 12.3. The minimum absolute atomic E-state index is 0.0199. The number of rotatable bonds is 4. The number of nitro benzene ring substituents is 1. The molecule has 1 fully saturated rings. The van der Waals surface area contributed by atoms with Gasteiger partial charge in [-0.1, -0.05) is 24.9 Å². The molecular weight excluding hydrogens is 278 g/mol. The highest BCUT2D eigenvalue weighted by atomic mass is 35.5. The van der Waals surface area contributed by atoms with E-state index in [4.69, 9.17) is 17.3 Å². The normalized spacial score (nSPS) is 22.9. The van der Waals surface area contributed by atoms with Crippen LogP contribution in [-0.4, -0.2) is 24.1 Å². The molecule has 1 heterocycles. The maximum atomic E-state index is 10.8. The van der Waals surface area contributed by atoms with Crippen LogP contribution in [0.15, 0.2) is 18.2 Å². The number of non-ortho nitro benzene ring substituents is 1. The van der Waals surface area contributed by atoms with E-state index < -0.39 is 4.92 Å². The third kappa shape index (κ3) is 3.04. The summed E-state index contributed by atoms with van der Waals surface area (Å²) in [5.41, 5.74) is 6.75. The third-order valence-corrected chi connectivity index (χ3v) is 4.43. The Morgan fingerprint density at radius 3 is 2.85 bits per heavy atom. The smallest absolute Gasteiger partial charge is 0.271 e. The van der Waals surface area contributed by atoms with Crippen molar-refractivity contribution in [2.24, 2.45) is 11.7 Å². The molecule has 1 aromatic carbocycles. The van der Waals surface area contributed by atoms with Crippen LogP contribution >= 0.6 is 11.6 Å². The van der Waals surface area contributed by atoms with Crippen molar-refractivity contribution in [1.82, 2.24) is 0 Å². The second-order valence-electron chi connectivity index (χ2n) is 5.27. The van der Waals surface area contributed by atoms with E-state index >= 15 is 0 Å². The molecular formula is C14H20ClN3O2. The summed E-state index contributed by atoms with van der Waals surface area (Å²) in [6.45, 7) is 3.68. The number of hydrogen-bond donors (Lipinski definition) is 1. The average molecular weight is 298 g/mol. The van der Waals surface area contributed by atoms with Crippen LogP contribution in [-0.2, 0) is 0 Å². The number of nitrogens with two attached hydrogens (primary N) is 1. The Kier molecular flexibility index (Phi) is 4.83. The van der Waals surface area contributed by atoms with Crippen LogP contribution in [0.3, 0.4) is 0 Å². The molecule has 0 saturated carbocycles. The first-order chi connectivity index (χ1) is 9.56. The summed E-state index contributed by atoms with van der Waals surface area (Å²) in [5, 5.41) is 11.2. The van der Waals surface area contributed by atoms with E-state index in [9.17, 15) is 10.1 Å². The first-order valence-electron chi connectivity index (χ1n) is 6.97. The molecule has 2 unspecified atom stereocenters. The standard InChI is InChI=1S/C14H20ClN3O2/c1-2-10-5-6-17(12(7-10)9-16)14-4-3-11(18(19)20)8-13(14)15/h3-4,8,10,12H,2,5-7,9,16H2,1H3. The fourth-order valence-electron chi connectivity index (χ4n) is 2.89. The lowest BCUT2D eigenvalue weighted by Crippen LogP contribution is -2.46. The van der Waals surface area contributed by atoms with E-state index in [1.54, 1.807) is 6.07 Å². The average Bonchev–Trinajstić information content (AvgIpc) is 2.46. The van der Waals surface area contributed by atoms with Crippen LogP contribution < -0.4 is 10.6 Å². The van der Waals surface area contributed by atoms with Crippen molar-refractivity contribution in [2.45, 2.75) is 32.2 Å². The number of halogens is 1. The molecule has 0 radical (unpaired) electrons. The minimum atomic E-state index is -0.431. The van der Waals surface area contributed by atoms with E-state index in [1.807, 2.05) is 0 Å². The van der Waals surface area contributed by atoms with Crippen molar-refractivity contribution in [1.29, 1.82) is 0 Å². The highest BCUT2D eigenvalue weighted by Gasteiger charge is 2.28. The van der Waals surface area contributed by atoms with Gasteiger partial charge in [0.25, 0.3) is 5.69 Å². The van der Waals surface area contributed by atoms with Crippen molar-refractivity contribution in [3.8, 4) is 0 Å². The summed E-state index contributed by atoms with van der Waals surface area (Å²) >= 11 is 6.21. The van der Waals surface area contributed by atoms with Crippen LogP contribution in [0.2, 0.25) is 5.02 Å². The number of benzene rings is 1. The molecule has 0 bridgehead atoms. The van der Waals surface area contributed by atoms with Crippen LogP contribution in [0.5, 0.6) is 0 Å². The topological polar surface area (TPSA) is 72.4 Å². The Bertz CT molecular complexity index is 495. The molecule has 1 saturated heterocycles. The Morgan fingerprint density at radius 2 is 2.30 bits per heavy atom. The van der Waals surface area contributed by atoms with Crippen LogP contribution in [0.25, 0.3) is 0 Å². The fraction of sp³-hybridized carbons (Fsp3) is 0.571. The predicted molar refractivity (Wildman–Crippen MR) is 81.3 cm³/mol. The third-order valence-electron chi connectivity index (χ3n) is 4.13. The Labute approximate surface area is 123 Å². The maximum Gasteiger partial charge on any atom is 0.271 e. The van der Waals surface area contributed by atoms with Gasteiger partial charge in [-0.05, 0) is 24.8 Å². The molecule has 1 aliphatic heterocycles. The van der Waals surface area contributed by atoms with Crippen molar-refractivity contribution >= 4 is 23.0 Å². The van der Waals surface area contributed by atoms with Crippen molar-refractivity contribution in [3.63, 3.8) is 0 Å². The van der Waals surface area contributed by atoms with Gasteiger partial charge in [0.1, 0.15) is 0 Å². The first-order valence-corrected chi connectivity index (χ1v) is 7.35. The lowest BCUT2D eigenvalue weighted by atomic mass is 9.88. The number of piperidine rings is 1. The summed E-state index contributed by atoms with van der Waals surface area (Å²) in [4.78, 5) is 12.5. The van der Waals surface area contributed by atoms with Gasteiger partial charge >= 0.3 is 0 Å². The largest absolute Gasteiger partial charge is 0.366 e. The molecule has 0 amide bonds. The molecule has 1 aliphatic rings. The molecule has 6 heteroatoms. The molecule has 0 aliphatic carbocycles. The summed E-state index contributed by atoms with van der Waals surface area (Å²) in [6, 6.07) is 4.90. The van der Waals surface area contributed by atoms with Gasteiger partial charge in [0.2, 0.25) is 0 Å². The van der Waals surface area contributed by atoms with Gasteiger partial charge < -0.3 is 10.6 Å². The number of anilines is 1. The van der Waals surface area contributed by atoms with Gasteiger partial charge in [0, 0.05) is 31.3 Å². The number of nitro groups is 1. The lowest BCUT2D eigenvalue weighted by molar-refractivity contribution is -0.384. The quantitative estimate of drug-likeness (QED) is 0.684. The summed E-state index contributed by atoms with van der Waals surface area (Å²) in [6.07, 6.45) is 3.33. The monoisotopic (exact) mass is 297 g/mol. The second kappa shape index (κ2) is 6.41. The second-order valence-corrected chi connectivity index (χ2v) is 5.68. The van der Waals surface area contributed by atoms with E-state index in [2.05, 4.69) is 11.8 Å². The Balaban J connectivity index is 2.24. The molecule has 1 aromatic rings. The fourth-order valence-corrected chi connectivity index (χ4v) is 3.17. The summed E-state index contributed by atoms with van der Waals surface area (Å²) in [5.74, 6) is 0.705. The van der Waals surface area contributed by atoms with Crippen LogP contribution in [0, 0.1) is 16.0 Å². The van der Waals surface area contributed by atoms with Crippen LogP contribution in [0.4, 0.5) is 11.4 Å². The van der Waals surface area contributed by atoms with Crippen LogP contribution in [0.1, 0.15) is 26.2 Å². The highest BCUT2D eigenvalue weighted by molar-refractivity contribution is 6.33. The highest BCUT2D eigenvalue weighted by Crippen LogP contribution is 2.35. The lowest BCUT2D eigenvalue weighted by Gasteiger charge is -2.40. The van der Waals surface area contributed by atoms with E-state index in [0.29, 0.717) is 17.5 Å². The summed E-state index contributed by atoms with van der Waals surface area (Å²) in [7, 11) is 0. The molecule has 5 nitrogen and oxygen atoms in total.